The van der Waals surface area contributed by atoms with E-state index in [1.54, 1.807) is 66.7 Å². The number of imide groups is 1. The molecule has 0 aromatic heterocycles. The maximum Gasteiger partial charge on any atom is 0.336 e. The van der Waals surface area contributed by atoms with Crippen LogP contribution in [-0.2, 0) is 16.0 Å². The number of carboxylic acids is 1. The molecule has 0 aliphatic carbocycles. The molecule has 0 spiro atoms. The molecule has 1 heterocycles. The van der Waals surface area contributed by atoms with E-state index >= 15 is 0 Å². The molecule has 36 heavy (non-hydrogen) atoms. The number of carbonyl (C=O) groups is 3. The lowest BCUT2D eigenvalue weighted by molar-refractivity contribution is -0.130. The molecule has 0 unspecified atom stereocenters. The van der Waals surface area contributed by atoms with Gasteiger partial charge in [-0.25, -0.2) is 4.79 Å². The van der Waals surface area contributed by atoms with Gasteiger partial charge in [-0.05, 0) is 65.6 Å². The number of rotatable bonds is 9. The lowest BCUT2D eigenvalue weighted by Gasteiger charge is -2.10. The summed E-state index contributed by atoms with van der Waals surface area (Å²) >= 11 is 0.664. The Labute approximate surface area is 213 Å². The highest BCUT2D eigenvalue weighted by Crippen LogP contribution is 2.29. The Morgan fingerprint density at radius 3 is 2.06 bits per heavy atom. The van der Waals surface area contributed by atoms with Gasteiger partial charge in [-0.15, -0.1) is 0 Å². The summed E-state index contributed by atoms with van der Waals surface area (Å²) in [5.74, 6) is 0.394. The fraction of sp³-hybridized carbons (Fsp3) is 0.148. The summed E-state index contributed by atoms with van der Waals surface area (Å²) in [6.07, 6.45) is 1.62. The van der Waals surface area contributed by atoms with Crippen molar-refractivity contribution in [1.82, 2.24) is 5.32 Å². The monoisotopic (exact) mass is 506 g/mol. The average Bonchev–Trinajstić information content (AvgIpc) is 3.14. The van der Waals surface area contributed by atoms with Crippen molar-refractivity contribution in [1.29, 1.82) is 0 Å². The van der Waals surface area contributed by atoms with Crippen molar-refractivity contribution in [3.63, 3.8) is 0 Å². The van der Waals surface area contributed by atoms with E-state index in [-0.39, 0.29) is 12.0 Å². The number of hydrogen-bond acceptors (Lipinski definition) is 7. The van der Waals surface area contributed by atoms with Crippen LogP contribution in [0.25, 0.3) is 11.6 Å². The SMILES string of the molecule is [2H][C@@]1(Cc2ccc(Oc3ccc(/C(=C\c4cc(OC)cc(OC)c4)C(=O)O)cc3)cc2)SC(=O)NC1=O. The average molecular weight is 507 g/mol. The van der Waals surface area contributed by atoms with Crippen LogP contribution in [0.3, 0.4) is 0 Å². The zero-order valence-corrected chi connectivity index (χ0v) is 20.3. The molecule has 0 saturated carbocycles. The molecule has 9 heteroatoms. The highest BCUT2D eigenvalue weighted by atomic mass is 32.2. The predicted molar refractivity (Wildman–Crippen MR) is 137 cm³/mol. The second kappa shape index (κ2) is 11.0. The molecule has 1 aliphatic heterocycles. The minimum Gasteiger partial charge on any atom is -0.497 e. The van der Waals surface area contributed by atoms with Crippen molar-refractivity contribution < 1.29 is 35.1 Å². The first-order valence-electron chi connectivity index (χ1n) is 11.3. The van der Waals surface area contributed by atoms with Gasteiger partial charge in [0.15, 0.2) is 0 Å². The third-order valence-corrected chi connectivity index (χ3v) is 6.15. The van der Waals surface area contributed by atoms with Crippen molar-refractivity contribution in [3.05, 3.63) is 83.4 Å². The maximum atomic E-state index is 12.0. The third-order valence-electron chi connectivity index (χ3n) is 5.29. The van der Waals surface area contributed by atoms with E-state index < -0.39 is 22.3 Å². The third kappa shape index (κ3) is 6.05. The molecule has 1 fully saturated rings. The van der Waals surface area contributed by atoms with Gasteiger partial charge in [-0.2, -0.15) is 0 Å². The summed E-state index contributed by atoms with van der Waals surface area (Å²) in [5.41, 5.74) is 1.89. The molecule has 3 aromatic carbocycles. The van der Waals surface area contributed by atoms with Crippen LogP contribution in [0, 0.1) is 0 Å². The number of aliphatic carboxylic acids is 1. The van der Waals surface area contributed by atoms with Crippen LogP contribution >= 0.6 is 11.8 Å². The standard InChI is InChI=1S/C27H23NO7S/c1-33-21-11-17(12-22(15-21)34-2)13-23(26(30)31)18-5-9-20(10-6-18)35-19-7-3-16(4-8-19)14-24-25(29)28-27(32)36-24/h3-13,15,24H,14H2,1-2H3,(H,30,31)(H,28,29,32)/b23-13+/t24-/m0/s1/i24D. The van der Waals surface area contributed by atoms with E-state index in [0.717, 1.165) is 0 Å². The van der Waals surface area contributed by atoms with Crippen LogP contribution in [-0.4, -0.2) is 41.7 Å². The largest absolute Gasteiger partial charge is 0.497 e. The molecular weight excluding hydrogens is 482 g/mol. The second-order valence-electron chi connectivity index (χ2n) is 7.72. The summed E-state index contributed by atoms with van der Waals surface area (Å²) < 4.78 is 24.6. The summed E-state index contributed by atoms with van der Waals surface area (Å²) in [6, 6.07) is 18.6. The van der Waals surface area contributed by atoms with Gasteiger partial charge in [-0.1, -0.05) is 36.0 Å². The van der Waals surface area contributed by atoms with E-state index in [2.05, 4.69) is 5.32 Å². The lowest BCUT2D eigenvalue weighted by Crippen LogP contribution is -2.25. The number of methoxy groups -OCH3 is 2. The Bertz CT molecular complexity index is 1350. The topological polar surface area (TPSA) is 111 Å². The number of amides is 2. The summed E-state index contributed by atoms with van der Waals surface area (Å²) in [4.78, 5) is 35.3. The lowest BCUT2D eigenvalue weighted by atomic mass is 10.0. The van der Waals surface area contributed by atoms with Crippen LogP contribution in [0.2, 0.25) is 0 Å². The van der Waals surface area contributed by atoms with Gasteiger partial charge in [-0.3, -0.25) is 14.9 Å². The molecule has 8 nitrogen and oxygen atoms in total. The van der Waals surface area contributed by atoms with Crippen LogP contribution < -0.4 is 19.5 Å². The fourth-order valence-corrected chi connectivity index (χ4v) is 4.26. The zero-order valence-electron chi connectivity index (χ0n) is 20.4. The summed E-state index contributed by atoms with van der Waals surface area (Å²) in [6.45, 7) is 0. The number of thioether (sulfide) groups is 1. The molecule has 2 amide bonds. The van der Waals surface area contributed by atoms with Gasteiger partial charge in [0.05, 0.1) is 26.4 Å². The quantitative estimate of drug-likeness (QED) is 0.308. The number of carboxylic acid groups (broad SMARTS) is 1. The van der Waals surface area contributed by atoms with Gasteiger partial charge in [0.1, 0.15) is 23.0 Å². The van der Waals surface area contributed by atoms with E-state index in [9.17, 15) is 19.5 Å². The summed E-state index contributed by atoms with van der Waals surface area (Å²) in [7, 11) is 3.04. The second-order valence-corrected chi connectivity index (χ2v) is 8.79. The zero-order chi connectivity index (χ0) is 26.6. The number of carbonyl (C=O) groups excluding carboxylic acids is 2. The number of ether oxygens (including phenoxy) is 3. The normalized spacial score (nSPS) is 17.8. The van der Waals surface area contributed by atoms with E-state index in [1.165, 1.54) is 20.3 Å². The van der Waals surface area contributed by atoms with E-state index in [0.29, 0.717) is 51.5 Å². The molecule has 1 atom stereocenters. The summed E-state index contributed by atoms with van der Waals surface area (Å²) in [5, 5.41) is 9.83. The molecule has 1 aliphatic rings. The Morgan fingerprint density at radius 2 is 1.56 bits per heavy atom. The Hall–Kier alpha value is -4.24. The molecule has 4 rings (SSSR count). The van der Waals surface area contributed by atoms with Crippen molar-refractivity contribution >= 4 is 40.5 Å². The highest BCUT2D eigenvalue weighted by molar-refractivity contribution is 8.15. The molecule has 2 N–H and O–H groups in total. The Morgan fingerprint density at radius 1 is 0.972 bits per heavy atom. The van der Waals surface area contributed by atoms with Crippen LogP contribution in [0.4, 0.5) is 4.79 Å². The van der Waals surface area contributed by atoms with E-state index in [1.807, 2.05) is 0 Å². The van der Waals surface area contributed by atoms with Crippen molar-refractivity contribution in [3.8, 4) is 23.0 Å². The molecule has 184 valence electrons. The first kappa shape index (κ1) is 23.5. The fourth-order valence-electron chi connectivity index (χ4n) is 3.51. The Balaban J connectivity index is 1.48. The van der Waals surface area contributed by atoms with Crippen LogP contribution in [0.5, 0.6) is 23.0 Å². The molecule has 0 bridgehead atoms. The van der Waals surface area contributed by atoms with Crippen LogP contribution in [0.15, 0.2) is 66.7 Å². The minimum absolute atomic E-state index is 0.0771. The van der Waals surface area contributed by atoms with Crippen molar-refractivity contribution in [2.75, 3.05) is 14.2 Å². The van der Waals surface area contributed by atoms with Gasteiger partial charge < -0.3 is 19.3 Å². The van der Waals surface area contributed by atoms with Crippen molar-refractivity contribution in [2.45, 2.75) is 11.6 Å². The minimum atomic E-state index is -1.58. The Kier molecular flexibility index (Phi) is 7.18. The maximum absolute atomic E-state index is 12.0. The van der Waals surface area contributed by atoms with Gasteiger partial charge >= 0.3 is 5.97 Å². The first-order chi connectivity index (χ1) is 17.7. The number of hydrogen-bond donors (Lipinski definition) is 2. The highest BCUT2D eigenvalue weighted by Gasteiger charge is 2.31. The molecule has 3 aromatic rings. The molecule has 0 radical (unpaired) electrons. The molecule has 1 saturated heterocycles. The number of nitrogens with one attached hydrogen (secondary N) is 1. The molecular formula is C27H23NO7S. The predicted octanol–water partition coefficient (Wildman–Crippen LogP) is 5.02. The van der Waals surface area contributed by atoms with Gasteiger partial charge in [0.25, 0.3) is 5.24 Å². The van der Waals surface area contributed by atoms with E-state index in [4.69, 9.17) is 15.6 Å². The van der Waals surface area contributed by atoms with Crippen LogP contribution in [0.1, 0.15) is 18.1 Å². The van der Waals surface area contributed by atoms with Crippen molar-refractivity contribution in [2.24, 2.45) is 0 Å². The van der Waals surface area contributed by atoms with Gasteiger partial charge in [0.2, 0.25) is 5.91 Å². The van der Waals surface area contributed by atoms with Gasteiger partial charge in [0, 0.05) is 6.07 Å². The smallest absolute Gasteiger partial charge is 0.336 e. The first-order valence-corrected chi connectivity index (χ1v) is 11.6. The number of benzene rings is 3.